The lowest BCUT2D eigenvalue weighted by Gasteiger charge is -2.03. The number of rotatable bonds is 2. The molecule has 0 unspecified atom stereocenters. The number of aromatic nitrogens is 4. The summed E-state index contributed by atoms with van der Waals surface area (Å²) in [6.45, 7) is 0.685. The molecule has 3 heterocycles. The second-order valence-corrected chi connectivity index (χ2v) is 3.73. The van der Waals surface area contributed by atoms with Crippen molar-refractivity contribution in [1.29, 1.82) is 5.26 Å². The quantitative estimate of drug-likeness (QED) is 0.660. The van der Waals surface area contributed by atoms with Crippen LogP contribution in [-0.4, -0.2) is 19.2 Å². The molecule has 0 saturated heterocycles. The van der Waals surface area contributed by atoms with Crippen molar-refractivity contribution in [2.24, 2.45) is 0 Å². The zero-order valence-corrected chi connectivity index (χ0v) is 8.98. The Hall–Kier alpha value is -2.61. The van der Waals surface area contributed by atoms with E-state index >= 15 is 0 Å². The first-order valence-electron chi connectivity index (χ1n) is 5.20. The normalized spacial score (nSPS) is 10.5. The Morgan fingerprint density at radius 1 is 1.29 bits per heavy atom. The van der Waals surface area contributed by atoms with Crippen molar-refractivity contribution in [3.05, 3.63) is 54.2 Å². The molecule has 17 heavy (non-hydrogen) atoms. The van der Waals surface area contributed by atoms with Gasteiger partial charge in [-0.3, -0.25) is 4.98 Å². The van der Waals surface area contributed by atoms with E-state index in [1.54, 1.807) is 16.9 Å². The van der Waals surface area contributed by atoms with E-state index in [0.29, 0.717) is 12.1 Å². The Morgan fingerprint density at radius 3 is 3.00 bits per heavy atom. The third-order valence-electron chi connectivity index (χ3n) is 2.63. The van der Waals surface area contributed by atoms with Gasteiger partial charge in [-0.2, -0.15) is 10.4 Å². The van der Waals surface area contributed by atoms with Gasteiger partial charge in [0.25, 0.3) is 0 Å². The molecule has 0 aromatic carbocycles. The zero-order valence-electron chi connectivity index (χ0n) is 8.98. The third kappa shape index (κ3) is 1.56. The van der Waals surface area contributed by atoms with E-state index in [0.717, 1.165) is 11.2 Å². The largest absolute Gasteiger partial charge is 0.326 e. The van der Waals surface area contributed by atoms with Gasteiger partial charge in [-0.1, -0.05) is 6.07 Å². The van der Waals surface area contributed by atoms with E-state index in [4.69, 9.17) is 5.26 Å². The molecule has 5 heteroatoms. The van der Waals surface area contributed by atoms with Gasteiger partial charge in [-0.05, 0) is 11.6 Å². The Balaban J connectivity index is 2.07. The van der Waals surface area contributed by atoms with E-state index in [1.165, 1.54) is 0 Å². The highest BCUT2D eigenvalue weighted by Crippen LogP contribution is 2.12. The van der Waals surface area contributed by atoms with Gasteiger partial charge in [-0.15, -0.1) is 0 Å². The van der Waals surface area contributed by atoms with Crippen LogP contribution in [0.4, 0.5) is 0 Å². The fourth-order valence-corrected chi connectivity index (χ4v) is 1.86. The molecule has 0 amide bonds. The second kappa shape index (κ2) is 3.76. The van der Waals surface area contributed by atoms with Crippen LogP contribution in [0.2, 0.25) is 0 Å². The first-order valence-corrected chi connectivity index (χ1v) is 5.20. The van der Waals surface area contributed by atoms with E-state index in [2.05, 4.69) is 16.2 Å². The van der Waals surface area contributed by atoms with Gasteiger partial charge in [0.05, 0.1) is 12.7 Å². The average molecular weight is 223 g/mol. The van der Waals surface area contributed by atoms with Gasteiger partial charge >= 0.3 is 0 Å². The first kappa shape index (κ1) is 9.60. The van der Waals surface area contributed by atoms with Crippen LogP contribution in [0.5, 0.6) is 0 Å². The standard InChI is InChI=1S/C12H9N5/c13-6-11-8-15-17-5-4-16(12(11)17)9-10-2-1-3-14-7-10/h1-5,7-8H,9H2. The number of nitrogens with zero attached hydrogens (tertiary/aromatic N) is 5. The number of hydrogen-bond acceptors (Lipinski definition) is 3. The van der Waals surface area contributed by atoms with E-state index in [1.807, 2.05) is 35.3 Å². The molecule has 0 fully saturated rings. The maximum absolute atomic E-state index is 9.00. The Kier molecular flexibility index (Phi) is 2.12. The predicted octanol–water partition coefficient (Wildman–Crippen LogP) is 1.45. The van der Waals surface area contributed by atoms with Crippen molar-refractivity contribution in [3.63, 3.8) is 0 Å². The first-order chi connectivity index (χ1) is 8.38. The highest BCUT2D eigenvalue weighted by molar-refractivity contribution is 5.55. The zero-order chi connectivity index (χ0) is 11.7. The van der Waals surface area contributed by atoms with Crippen LogP contribution in [0.15, 0.2) is 43.1 Å². The van der Waals surface area contributed by atoms with Crippen LogP contribution in [0.25, 0.3) is 5.65 Å². The Bertz CT molecular complexity index is 687. The Labute approximate surface area is 97.6 Å². The minimum Gasteiger partial charge on any atom is -0.326 e. The smallest absolute Gasteiger partial charge is 0.154 e. The third-order valence-corrected chi connectivity index (χ3v) is 2.63. The molecule has 3 rings (SSSR count). The molecule has 0 radical (unpaired) electrons. The molecule has 0 N–H and O–H groups in total. The molecule has 82 valence electrons. The van der Waals surface area contributed by atoms with Crippen LogP contribution >= 0.6 is 0 Å². The van der Waals surface area contributed by atoms with Gasteiger partial charge in [0, 0.05) is 24.8 Å². The molecule has 0 aliphatic carbocycles. The van der Waals surface area contributed by atoms with Crippen LogP contribution < -0.4 is 0 Å². The van der Waals surface area contributed by atoms with Crippen LogP contribution in [0, 0.1) is 11.3 Å². The lowest BCUT2D eigenvalue weighted by atomic mass is 10.3. The van der Waals surface area contributed by atoms with Gasteiger partial charge in [0.2, 0.25) is 0 Å². The van der Waals surface area contributed by atoms with E-state index < -0.39 is 0 Å². The number of pyridine rings is 1. The Morgan fingerprint density at radius 2 is 2.24 bits per heavy atom. The molecular weight excluding hydrogens is 214 g/mol. The summed E-state index contributed by atoms with van der Waals surface area (Å²) in [6.07, 6.45) is 8.89. The van der Waals surface area contributed by atoms with E-state index in [9.17, 15) is 0 Å². The molecule has 0 spiro atoms. The van der Waals surface area contributed by atoms with Crippen LogP contribution in [0.1, 0.15) is 11.1 Å². The number of fused-ring (bicyclic) bond motifs is 1. The minimum absolute atomic E-state index is 0.582. The van der Waals surface area contributed by atoms with Crippen molar-refractivity contribution in [1.82, 2.24) is 19.2 Å². The molecule has 3 aromatic rings. The van der Waals surface area contributed by atoms with Crippen LogP contribution in [0.3, 0.4) is 0 Å². The highest BCUT2D eigenvalue weighted by atomic mass is 15.3. The van der Waals surface area contributed by atoms with Crippen LogP contribution in [-0.2, 0) is 6.54 Å². The van der Waals surface area contributed by atoms with Crippen molar-refractivity contribution in [2.45, 2.75) is 6.54 Å². The maximum Gasteiger partial charge on any atom is 0.154 e. The monoisotopic (exact) mass is 223 g/mol. The average Bonchev–Trinajstić information content (AvgIpc) is 2.93. The number of hydrogen-bond donors (Lipinski definition) is 0. The minimum atomic E-state index is 0.582. The summed E-state index contributed by atoms with van der Waals surface area (Å²) < 4.78 is 3.69. The molecular formula is C12H9N5. The van der Waals surface area contributed by atoms with Gasteiger partial charge in [-0.25, -0.2) is 4.52 Å². The summed E-state index contributed by atoms with van der Waals surface area (Å²) in [5.74, 6) is 0. The molecule has 0 aliphatic heterocycles. The van der Waals surface area contributed by atoms with Crippen molar-refractivity contribution in [3.8, 4) is 6.07 Å². The second-order valence-electron chi connectivity index (χ2n) is 3.73. The number of nitriles is 1. The summed E-state index contributed by atoms with van der Waals surface area (Å²) in [5.41, 5.74) is 2.49. The molecule has 5 nitrogen and oxygen atoms in total. The highest BCUT2D eigenvalue weighted by Gasteiger charge is 2.08. The number of imidazole rings is 1. The summed E-state index contributed by atoms with van der Waals surface area (Å²) in [7, 11) is 0. The molecule has 0 atom stereocenters. The van der Waals surface area contributed by atoms with E-state index in [-0.39, 0.29) is 0 Å². The molecule has 0 bridgehead atoms. The SMILES string of the molecule is N#Cc1cnn2ccn(Cc3cccnc3)c12. The van der Waals surface area contributed by atoms with Gasteiger partial charge < -0.3 is 4.57 Å². The fraction of sp³-hybridized carbons (Fsp3) is 0.0833. The molecule has 0 saturated carbocycles. The fourth-order valence-electron chi connectivity index (χ4n) is 1.86. The molecule has 3 aromatic heterocycles. The topological polar surface area (TPSA) is 58.9 Å². The van der Waals surface area contributed by atoms with Crippen molar-refractivity contribution < 1.29 is 0 Å². The maximum atomic E-state index is 9.00. The predicted molar refractivity (Wildman–Crippen MR) is 61.2 cm³/mol. The summed E-state index contributed by atoms with van der Waals surface area (Å²) >= 11 is 0. The summed E-state index contributed by atoms with van der Waals surface area (Å²) in [5, 5.41) is 13.1. The summed E-state index contributed by atoms with van der Waals surface area (Å²) in [6, 6.07) is 6.05. The van der Waals surface area contributed by atoms with Gasteiger partial charge in [0.15, 0.2) is 5.65 Å². The lowest BCUT2D eigenvalue weighted by molar-refractivity contribution is 0.820. The van der Waals surface area contributed by atoms with Crippen molar-refractivity contribution in [2.75, 3.05) is 0 Å². The van der Waals surface area contributed by atoms with Gasteiger partial charge in [0.1, 0.15) is 11.6 Å². The lowest BCUT2D eigenvalue weighted by Crippen LogP contribution is -1.99. The molecule has 0 aliphatic rings. The summed E-state index contributed by atoms with van der Waals surface area (Å²) in [4.78, 5) is 4.07. The van der Waals surface area contributed by atoms with Crippen molar-refractivity contribution >= 4 is 5.65 Å².